The van der Waals surface area contributed by atoms with Crippen molar-refractivity contribution in [2.24, 2.45) is 0 Å². The van der Waals surface area contributed by atoms with Crippen molar-refractivity contribution in [1.29, 1.82) is 10.5 Å². The average Bonchev–Trinajstić information content (AvgIpc) is 4.00. The van der Waals surface area contributed by atoms with Crippen LogP contribution in [-0.4, -0.2) is 119 Å². The first-order valence-electron chi connectivity index (χ1n) is 17.4. The summed E-state index contributed by atoms with van der Waals surface area (Å²) in [4.78, 5) is 50.7. The molecule has 2 spiro atoms. The zero-order valence-corrected chi connectivity index (χ0v) is 29.9. The summed E-state index contributed by atoms with van der Waals surface area (Å²) in [5.74, 6) is -5.09. The van der Waals surface area contributed by atoms with E-state index in [9.17, 15) is 27.2 Å². The second kappa shape index (κ2) is 13.9. The first kappa shape index (κ1) is 37.2. The van der Waals surface area contributed by atoms with E-state index in [1.165, 1.54) is 17.3 Å². The van der Waals surface area contributed by atoms with Crippen molar-refractivity contribution < 1.29 is 27.2 Å². The molecule has 20 heteroatoms. The SMILES string of the molecule is Cc1cc(C)n(C(=O)CC#N)n1.FC1(F)CNC12CCN(c1ncnc3[nH]ccc13)C2.N#CCC(=O)N1CC(F)(F)C12CCN(c1ncnc3[nH]ccc13)C2. The first-order chi connectivity index (χ1) is 26.2. The molecular weight excluding hydrogens is 724 g/mol. The second-order valence-electron chi connectivity index (χ2n) is 14.0. The number of fused-ring (bicyclic) bond motifs is 2. The number of carbonyl (C=O) groups is 2. The van der Waals surface area contributed by atoms with Crippen molar-refractivity contribution in [3.63, 3.8) is 0 Å². The lowest BCUT2D eigenvalue weighted by Crippen LogP contribution is -2.77. The van der Waals surface area contributed by atoms with E-state index in [0.29, 0.717) is 31.0 Å². The van der Waals surface area contributed by atoms with Gasteiger partial charge in [0, 0.05) is 44.3 Å². The van der Waals surface area contributed by atoms with Gasteiger partial charge in [0.2, 0.25) is 5.91 Å². The molecule has 9 heterocycles. The predicted octanol–water partition coefficient (Wildman–Crippen LogP) is 3.50. The van der Waals surface area contributed by atoms with Gasteiger partial charge in [-0.2, -0.15) is 15.6 Å². The van der Waals surface area contributed by atoms with Crippen molar-refractivity contribution in [1.82, 2.24) is 49.9 Å². The van der Waals surface area contributed by atoms with Gasteiger partial charge in [0.05, 0.1) is 41.7 Å². The molecular formula is C35H36F4N14O2. The zero-order valence-electron chi connectivity index (χ0n) is 29.9. The molecule has 2 atom stereocenters. The number of nitrogens with one attached hydrogen (secondary N) is 3. The molecule has 286 valence electrons. The third kappa shape index (κ3) is 6.35. The topological polar surface area (TPSA) is 204 Å². The fourth-order valence-corrected chi connectivity index (χ4v) is 7.74. The number of rotatable bonds is 4. The van der Waals surface area contributed by atoms with Crippen molar-refractivity contribution in [3.05, 3.63) is 54.6 Å². The summed E-state index contributed by atoms with van der Waals surface area (Å²) in [5, 5.41) is 25.4. The number of likely N-dealkylation sites (tertiary alicyclic amines) is 1. The second-order valence-corrected chi connectivity index (χ2v) is 14.0. The highest BCUT2D eigenvalue weighted by molar-refractivity contribution is 5.88. The molecule has 2 unspecified atom stereocenters. The minimum atomic E-state index is -2.96. The Hall–Kier alpha value is -6.15. The molecule has 55 heavy (non-hydrogen) atoms. The Morgan fingerprint density at radius 2 is 1.38 bits per heavy atom. The molecule has 4 aliphatic rings. The summed E-state index contributed by atoms with van der Waals surface area (Å²) < 4.78 is 57.4. The van der Waals surface area contributed by atoms with Gasteiger partial charge in [-0.25, -0.2) is 42.2 Å². The molecule has 0 saturated carbocycles. The largest absolute Gasteiger partial charge is 0.354 e. The standard InChI is InChI=1S/C15H14F2N6O.C12H13F2N5.C8H9N3O/c16-15(17)8-23(11(24)1-4-18)14(15)3-6-22(7-14)13-10-2-5-19-12(10)20-9-21-13;13-12(14)5-18-11(12)2-4-19(6-11)10-8-1-3-15-9(8)16-7-17-10;1-6-5-7(2)11(10-6)8(12)3-4-9/h2,5,9H,1,3,6-8H2,(H,19,20,21);1,3,7,18H,2,4-6H2,(H,15,16,17);5H,3H2,1-2H3. The van der Waals surface area contributed by atoms with Crippen LogP contribution in [0.5, 0.6) is 0 Å². The van der Waals surface area contributed by atoms with E-state index in [-0.39, 0.29) is 44.8 Å². The summed E-state index contributed by atoms with van der Waals surface area (Å²) in [6, 6.07) is 9.01. The van der Waals surface area contributed by atoms with E-state index >= 15 is 0 Å². The van der Waals surface area contributed by atoms with Gasteiger partial charge in [-0.15, -0.1) is 0 Å². The number of H-pyrrole nitrogens is 2. The smallest absolute Gasteiger partial charge is 0.289 e. The Balaban J connectivity index is 0.000000134. The number of carbonyl (C=O) groups excluding carboxylic acids is 2. The van der Waals surface area contributed by atoms with Crippen LogP contribution in [0.15, 0.2) is 43.2 Å². The summed E-state index contributed by atoms with van der Waals surface area (Å²) >= 11 is 0. The Bertz CT molecular complexity index is 2340. The fourth-order valence-electron chi connectivity index (χ4n) is 7.74. The molecule has 4 saturated heterocycles. The molecule has 5 aromatic rings. The number of aromatic nitrogens is 8. The number of hydrogen-bond donors (Lipinski definition) is 3. The minimum absolute atomic E-state index is 0.00549. The van der Waals surface area contributed by atoms with Crippen LogP contribution in [0.2, 0.25) is 0 Å². The summed E-state index contributed by atoms with van der Waals surface area (Å²) in [6.45, 7) is 3.99. The van der Waals surface area contributed by atoms with Gasteiger partial charge in [-0.3, -0.25) is 14.9 Å². The number of anilines is 2. The van der Waals surface area contributed by atoms with Gasteiger partial charge in [0.15, 0.2) is 0 Å². The van der Waals surface area contributed by atoms with E-state index in [4.69, 9.17) is 10.5 Å². The number of aryl methyl sites for hydroxylation is 2. The Labute approximate surface area is 311 Å². The molecule has 3 N–H and O–H groups in total. The van der Waals surface area contributed by atoms with E-state index < -0.39 is 35.4 Å². The van der Waals surface area contributed by atoms with Crippen LogP contribution in [0.25, 0.3) is 22.1 Å². The van der Waals surface area contributed by atoms with Crippen LogP contribution in [0.3, 0.4) is 0 Å². The number of nitriles is 2. The van der Waals surface area contributed by atoms with Crippen molar-refractivity contribution in [2.45, 2.75) is 62.5 Å². The molecule has 9 rings (SSSR count). The van der Waals surface area contributed by atoms with Gasteiger partial charge in [0.1, 0.15) is 59.5 Å². The van der Waals surface area contributed by atoms with E-state index in [1.54, 1.807) is 48.5 Å². The average molecular weight is 761 g/mol. The van der Waals surface area contributed by atoms with Crippen molar-refractivity contribution in [2.75, 3.05) is 49.1 Å². The Morgan fingerprint density at radius 1 is 0.800 bits per heavy atom. The molecule has 0 radical (unpaired) electrons. The lowest BCUT2D eigenvalue weighted by Gasteiger charge is -2.55. The first-order valence-corrected chi connectivity index (χ1v) is 17.4. The number of halogens is 4. The third-order valence-electron chi connectivity index (χ3n) is 10.7. The molecule has 16 nitrogen and oxygen atoms in total. The highest BCUT2D eigenvalue weighted by Gasteiger charge is 2.70. The lowest BCUT2D eigenvalue weighted by atomic mass is 9.79. The van der Waals surface area contributed by atoms with Crippen LogP contribution in [0, 0.1) is 36.5 Å². The number of amides is 1. The third-order valence-corrected chi connectivity index (χ3v) is 10.7. The van der Waals surface area contributed by atoms with Gasteiger partial charge >= 0.3 is 0 Å². The van der Waals surface area contributed by atoms with Crippen LogP contribution >= 0.6 is 0 Å². The zero-order chi connectivity index (χ0) is 39.2. The fraction of sp³-hybridized carbons (Fsp3) is 0.457. The molecule has 0 bridgehead atoms. The molecule has 0 aliphatic carbocycles. The lowest BCUT2D eigenvalue weighted by molar-refractivity contribution is -0.233. The monoisotopic (exact) mass is 760 g/mol. The quantitative estimate of drug-likeness (QED) is 0.225. The van der Waals surface area contributed by atoms with E-state index in [0.717, 1.165) is 38.5 Å². The number of aromatic amines is 2. The Morgan fingerprint density at radius 3 is 1.87 bits per heavy atom. The predicted molar refractivity (Wildman–Crippen MR) is 189 cm³/mol. The summed E-state index contributed by atoms with van der Waals surface area (Å²) in [5.41, 5.74) is 0.319. The molecule has 1 amide bonds. The minimum Gasteiger partial charge on any atom is -0.354 e. The van der Waals surface area contributed by atoms with Gasteiger partial charge in [-0.05, 0) is 44.9 Å². The highest BCUT2D eigenvalue weighted by atomic mass is 19.3. The normalized spacial score (nSPS) is 23.0. The van der Waals surface area contributed by atoms with Gasteiger partial charge < -0.3 is 24.7 Å². The van der Waals surface area contributed by atoms with E-state index in [2.05, 4.69) is 40.3 Å². The summed E-state index contributed by atoms with van der Waals surface area (Å²) in [7, 11) is 0. The maximum absolute atomic E-state index is 14.3. The number of alkyl halides is 4. The van der Waals surface area contributed by atoms with Crippen molar-refractivity contribution in [3.8, 4) is 12.1 Å². The summed E-state index contributed by atoms with van der Waals surface area (Å²) in [6.07, 6.45) is 6.43. The number of hydrogen-bond acceptors (Lipinski definition) is 12. The maximum Gasteiger partial charge on any atom is 0.289 e. The van der Waals surface area contributed by atoms with Crippen LogP contribution in [0.1, 0.15) is 41.9 Å². The molecule has 4 aliphatic heterocycles. The molecule has 0 aromatic carbocycles. The van der Waals surface area contributed by atoms with Crippen LogP contribution in [0.4, 0.5) is 29.2 Å². The Kier molecular flexibility index (Phi) is 9.41. The molecule has 4 fully saturated rings. The highest BCUT2D eigenvalue weighted by Crippen LogP contribution is 2.51. The molecule has 5 aromatic heterocycles. The van der Waals surface area contributed by atoms with Gasteiger partial charge in [0.25, 0.3) is 17.8 Å². The van der Waals surface area contributed by atoms with Gasteiger partial charge in [-0.1, -0.05) is 0 Å². The van der Waals surface area contributed by atoms with E-state index in [1.807, 2.05) is 17.9 Å². The van der Waals surface area contributed by atoms with Crippen LogP contribution < -0.4 is 15.1 Å². The van der Waals surface area contributed by atoms with Crippen LogP contribution in [-0.2, 0) is 4.79 Å². The maximum atomic E-state index is 14.3. The number of nitrogens with zero attached hydrogens (tertiary/aromatic N) is 11. The van der Waals surface area contributed by atoms with Crippen molar-refractivity contribution >= 4 is 45.5 Å².